The quantitative estimate of drug-likeness (QED) is 0.761. The van der Waals surface area contributed by atoms with E-state index in [1.165, 1.54) is 38.8 Å². The first-order valence-corrected chi connectivity index (χ1v) is 10.2. The summed E-state index contributed by atoms with van der Waals surface area (Å²) in [5, 5.41) is 7.54. The van der Waals surface area contributed by atoms with Gasteiger partial charge in [-0.05, 0) is 76.5 Å². The highest BCUT2D eigenvalue weighted by atomic mass is 16.1. The molecule has 2 heterocycles. The lowest BCUT2D eigenvalue weighted by atomic mass is 10.1. The van der Waals surface area contributed by atoms with Crippen LogP contribution in [0.3, 0.4) is 0 Å². The molecule has 0 atom stereocenters. The fraction of sp³-hybridized carbons (Fsp3) is 0.545. The van der Waals surface area contributed by atoms with Gasteiger partial charge in [-0.1, -0.05) is 25.0 Å². The third-order valence-corrected chi connectivity index (χ3v) is 5.29. The molecule has 27 heavy (non-hydrogen) atoms. The van der Waals surface area contributed by atoms with Gasteiger partial charge in [0.25, 0.3) is 5.91 Å². The Bertz CT molecular complexity index is 727. The van der Waals surface area contributed by atoms with E-state index < -0.39 is 0 Å². The first-order valence-electron chi connectivity index (χ1n) is 10.2. The fourth-order valence-corrected chi connectivity index (χ4v) is 3.74. The molecule has 1 aromatic carbocycles. The maximum Gasteiger partial charge on any atom is 0.251 e. The second kappa shape index (κ2) is 9.70. The molecule has 0 spiro atoms. The number of nitrogens with one attached hydrogen (secondary N) is 1. The number of amides is 1. The molecule has 5 nitrogen and oxygen atoms in total. The molecule has 3 rings (SSSR count). The van der Waals surface area contributed by atoms with Gasteiger partial charge in [0, 0.05) is 17.8 Å². The lowest BCUT2D eigenvalue weighted by Crippen LogP contribution is -2.30. The Kier molecular flexibility index (Phi) is 7.04. The van der Waals surface area contributed by atoms with E-state index in [1.807, 2.05) is 35.9 Å². The molecule has 0 radical (unpaired) electrons. The number of rotatable bonds is 7. The monoisotopic (exact) mass is 368 g/mol. The zero-order valence-corrected chi connectivity index (χ0v) is 16.7. The van der Waals surface area contributed by atoms with Crippen LogP contribution in [-0.2, 0) is 6.54 Å². The van der Waals surface area contributed by atoms with Crippen molar-refractivity contribution in [2.24, 2.45) is 0 Å². The molecular formula is C22H32N4O. The third kappa shape index (κ3) is 5.93. The molecule has 1 amide bonds. The molecule has 0 aliphatic carbocycles. The van der Waals surface area contributed by atoms with Crippen LogP contribution in [0.25, 0.3) is 0 Å². The van der Waals surface area contributed by atoms with Crippen molar-refractivity contribution in [2.45, 2.75) is 52.5 Å². The van der Waals surface area contributed by atoms with E-state index in [0.717, 1.165) is 48.6 Å². The van der Waals surface area contributed by atoms with Gasteiger partial charge in [-0.25, -0.2) is 0 Å². The van der Waals surface area contributed by atoms with E-state index in [0.29, 0.717) is 0 Å². The van der Waals surface area contributed by atoms with E-state index in [4.69, 9.17) is 0 Å². The van der Waals surface area contributed by atoms with Crippen molar-refractivity contribution >= 4 is 5.91 Å². The summed E-state index contributed by atoms with van der Waals surface area (Å²) < 4.78 is 1.99. The van der Waals surface area contributed by atoms with Crippen molar-refractivity contribution in [3.05, 3.63) is 52.8 Å². The van der Waals surface area contributed by atoms with Gasteiger partial charge in [-0.2, -0.15) is 5.10 Å². The summed E-state index contributed by atoms with van der Waals surface area (Å²) in [4.78, 5) is 14.9. The lowest BCUT2D eigenvalue weighted by Gasteiger charge is -2.19. The smallest absolute Gasteiger partial charge is 0.251 e. The van der Waals surface area contributed by atoms with Crippen LogP contribution in [0.1, 0.15) is 59.4 Å². The van der Waals surface area contributed by atoms with Crippen LogP contribution in [0, 0.1) is 13.8 Å². The van der Waals surface area contributed by atoms with Crippen LogP contribution in [0.15, 0.2) is 30.3 Å². The summed E-state index contributed by atoms with van der Waals surface area (Å²) in [6.45, 7) is 9.05. The van der Waals surface area contributed by atoms with Gasteiger partial charge in [0.05, 0.1) is 12.2 Å². The molecule has 0 bridgehead atoms. The second-order valence-electron chi connectivity index (χ2n) is 7.65. The van der Waals surface area contributed by atoms with Crippen LogP contribution in [0.2, 0.25) is 0 Å². The van der Waals surface area contributed by atoms with Crippen LogP contribution in [0.5, 0.6) is 0 Å². The van der Waals surface area contributed by atoms with Crippen molar-refractivity contribution < 1.29 is 4.79 Å². The highest BCUT2D eigenvalue weighted by molar-refractivity contribution is 5.94. The van der Waals surface area contributed by atoms with Crippen LogP contribution >= 0.6 is 0 Å². The van der Waals surface area contributed by atoms with E-state index in [9.17, 15) is 4.79 Å². The molecule has 1 aromatic heterocycles. The Morgan fingerprint density at radius 2 is 1.78 bits per heavy atom. The average Bonchev–Trinajstić information content (AvgIpc) is 2.85. The number of carbonyl (C=O) groups is 1. The van der Waals surface area contributed by atoms with Crippen LogP contribution in [0.4, 0.5) is 0 Å². The van der Waals surface area contributed by atoms with Gasteiger partial charge in [-0.3, -0.25) is 9.48 Å². The SMILES string of the molecule is Cc1cc(C)n(Cc2ccc(C(=O)NCCCN3CCCCCC3)cc2)n1. The van der Waals surface area contributed by atoms with E-state index >= 15 is 0 Å². The molecule has 2 aromatic rings. The van der Waals surface area contributed by atoms with Gasteiger partial charge in [0.1, 0.15) is 0 Å². The number of benzene rings is 1. The topological polar surface area (TPSA) is 50.2 Å². The highest BCUT2D eigenvalue weighted by Crippen LogP contribution is 2.11. The molecule has 1 aliphatic rings. The Morgan fingerprint density at radius 3 is 2.41 bits per heavy atom. The minimum Gasteiger partial charge on any atom is -0.352 e. The Balaban J connectivity index is 1.42. The number of hydrogen-bond donors (Lipinski definition) is 1. The zero-order valence-electron chi connectivity index (χ0n) is 16.7. The summed E-state index contributed by atoms with van der Waals surface area (Å²) in [5.74, 6) is 0.0172. The average molecular weight is 369 g/mol. The highest BCUT2D eigenvalue weighted by Gasteiger charge is 2.09. The van der Waals surface area contributed by atoms with Crippen LogP contribution < -0.4 is 5.32 Å². The number of hydrogen-bond acceptors (Lipinski definition) is 3. The molecule has 1 aliphatic heterocycles. The van der Waals surface area contributed by atoms with E-state index in [1.54, 1.807) is 0 Å². The zero-order chi connectivity index (χ0) is 19.1. The first-order chi connectivity index (χ1) is 13.1. The van der Waals surface area contributed by atoms with Gasteiger partial charge in [0.2, 0.25) is 0 Å². The summed E-state index contributed by atoms with van der Waals surface area (Å²) in [5.41, 5.74) is 4.06. The molecule has 1 fully saturated rings. The Hall–Kier alpha value is -2.14. The van der Waals surface area contributed by atoms with Crippen molar-refractivity contribution in [1.82, 2.24) is 20.0 Å². The maximum atomic E-state index is 12.3. The summed E-state index contributed by atoms with van der Waals surface area (Å²) in [6.07, 6.45) is 6.38. The molecule has 0 unspecified atom stereocenters. The normalized spacial score (nSPS) is 15.5. The maximum absolute atomic E-state index is 12.3. The van der Waals surface area contributed by atoms with Gasteiger partial charge < -0.3 is 10.2 Å². The first kappa shape index (κ1) is 19.6. The minimum atomic E-state index is 0.0172. The molecule has 1 saturated heterocycles. The minimum absolute atomic E-state index is 0.0172. The van der Waals surface area contributed by atoms with Crippen molar-refractivity contribution in [3.63, 3.8) is 0 Å². The van der Waals surface area contributed by atoms with Crippen LogP contribution in [-0.4, -0.2) is 46.8 Å². The van der Waals surface area contributed by atoms with Gasteiger partial charge in [-0.15, -0.1) is 0 Å². The predicted molar refractivity (Wildman–Crippen MR) is 109 cm³/mol. The standard InChI is InChI=1S/C22H32N4O/c1-18-16-19(2)26(24-18)17-20-8-10-21(11-9-20)22(27)23-12-7-15-25-13-5-3-4-6-14-25/h8-11,16H,3-7,12-15,17H2,1-2H3,(H,23,27). The molecule has 1 N–H and O–H groups in total. The summed E-state index contributed by atoms with van der Waals surface area (Å²) in [7, 11) is 0. The number of aromatic nitrogens is 2. The number of carbonyl (C=O) groups excluding carboxylic acids is 1. The second-order valence-corrected chi connectivity index (χ2v) is 7.65. The third-order valence-electron chi connectivity index (χ3n) is 5.29. The van der Waals surface area contributed by atoms with Gasteiger partial charge in [0.15, 0.2) is 0 Å². The number of aryl methyl sites for hydroxylation is 2. The summed E-state index contributed by atoms with van der Waals surface area (Å²) >= 11 is 0. The molecule has 146 valence electrons. The Morgan fingerprint density at radius 1 is 1.07 bits per heavy atom. The molecule has 0 saturated carbocycles. The molecule has 5 heteroatoms. The number of likely N-dealkylation sites (tertiary alicyclic amines) is 1. The van der Waals surface area contributed by atoms with Crippen molar-refractivity contribution in [1.29, 1.82) is 0 Å². The molecular weight excluding hydrogens is 336 g/mol. The fourth-order valence-electron chi connectivity index (χ4n) is 3.74. The lowest BCUT2D eigenvalue weighted by molar-refractivity contribution is 0.0951. The predicted octanol–water partition coefficient (Wildman–Crippen LogP) is 3.54. The van der Waals surface area contributed by atoms with E-state index in [2.05, 4.69) is 28.3 Å². The van der Waals surface area contributed by atoms with Crippen molar-refractivity contribution in [2.75, 3.05) is 26.2 Å². The van der Waals surface area contributed by atoms with Crippen molar-refractivity contribution in [3.8, 4) is 0 Å². The largest absolute Gasteiger partial charge is 0.352 e. The van der Waals surface area contributed by atoms with Gasteiger partial charge >= 0.3 is 0 Å². The Labute approximate surface area is 162 Å². The number of nitrogens with zero attached hydrogens (tertiary/aromatic N) is 3. The van der Waals surface area contributed by atoms with E-state index in [-0.39, 0.29) is 5.91 Å². The summed E-state index contributed by atoms with van der Waals surface area (Å²) in [6, 6.07) is 9.93.